The maximum absolute atomic E-state index is 12.2. The summed E-state index contributed by atoms with van der Waals surface area (Å²) < 4.78 is 3.32. The van der Waals surface area contributed by atoms with Crippen LogP contribution in [0.4, 0.5) is 5.95 Å². The van der Waals surface area contributed by atoms with Gasteiger partial charge in [0.25, 0.3) is 5.91 Å². The van der Waals surface area contributed by atoms with E-state index in [0.717, 1.165) is 10.6 Å². The minimum atomic E-state index is -0.225. The molecule has 1 N–H and O–H groups in total. The van der Waals surface area contributed by atoms with Crippen LogP contribution in [0, 0.1) is 0 Å². The molecule has 3 rings (SSSR count). The van der Waals surface area contributed by atoms with Gasteiger partial charge < -0.3 is 4.57 Å². The predicted molar refractivity (Wildman–Crippen MR) is 77.7 cm³/mol. The molecule has 3 heterocycles. The van der Waals surface area contributed by atoms with Crippen molar-refractivity contribution in [2.75, 3.05) is 5.32 Å². The zero-order chi connectivity index (χ0) is 14.1. The Hall–Kier alpha value is -2.41. The van der Waals surface area contributed by atoms with Gasteiger partial charge in [0.1, 0.15) is 11.4 Å². The van der Waals surface area contributed by atoms with Gasteiger partial charge in [0, 0.05) is 26.5 Å². The van der Waals surface area contributed by atoms with E-state index in [9.17, 15) is 4.79 Å². The van der Waals surface area contributed by atoms with Gasteiger partial charge in [0.2, 0.25) is 5.95 Å². The first-order valence-electron chi connectivity index (χ1n) is 6.02. The predicted octanol–water partition coefficient (Wildman–Crippen LogP) is 2.13. The maximum Gasteiger partial charge on any atom is 0.276 e. The Morgan fingerprint density at radius 2 is 2.25 bits per heavy atom. The van der Waals surface area contributed by atoms with E-state index in [-0.39, 0.29) is 5.91 Å². The van der Waals surface area contributed by atoms with Crippen molar-refractivity contribution < 1.29 is 4.79 Å². The maximum atomic E-state index is 12.2. The van der Waals surface area contributed by atoms with Gasteiger partial charge in [-0.05, 0) is 17.5 Å². The van der Waals surface area contributed by atoms with Crippen molar-refractivity contribution in [1.29, 1.82) is 0 Å². The second kappa shape index (κ2) is 4.93. The van der Waals surface area contributed by atoms with Gasteiger partial charge >= 0.3 is 0 Å². The van der Waals surface area contributed by atoms with Crippen molar-refractivity contribution in [3.63, 3.8) is 0 Å². The number of nitrogens with zero attached hydrogens (tertiary/aromatic N) is 4. The Morgan fingerprint density at radius 1 is 1.40 bits per heavy atom. The number of amides is 1. The Labute approximate surface area is 119 Å². The van der Waals surface area contributed by atoms with Crippen LogP contribution in [0.1, 0.15) is 10.5 Å². The van der Waals surface area contributed by atoms with Gasteiger partial charge in [0.15, 0.2) is 0 Å². The summed E-state index contributed by atoms with van der Waals surface area (Å²) in [6, 6.07) is 5.72. The van der Waals surface area contributed by atoms with Crippen LogP contribution < -0.4 is 5.32 Å². The number of rotatable bonds is 3. The first-order chi connectivity index (χ1) is 9.65. The minimum absolute atomic E-state index is 0.225. The van der Waals surface area contributed by atoms with Crippen molar-refractivity contribution in [2.24, 2.45) is 14.1 Å². The Morgan fingerprint density at radius 3 is 2.90 bits per heavy atom. The first-order valence-corrected chi connectivity index (χ1v) is 6.89. The number of nitrogens with one attached hydrogen (secondary N) is 1. The van der Waals surface area contributed by atoms with Gasteiger partial charge in [-0.25, -0.2) is 4.98 Å². The van der Waals surface area contributed by atoms with E-state index in [4.69, 9.17) is 0 Å². The molecule has 0 aromatic carbocycles. The van der Waals surface area contributed by atoms with Crippen LogP contribution in [0.2, 0.25) is 0 Å². The molecule has 0 bridgehead atoms. The molecular weight excluding hydrogens is 274 g/mol. The van der Waals surface area contributed by atoms with E-state index >= 15 is 0 Å². The number of thiophene rings is 1. The van der Waals surface area contributed by atoms with Crippen LogP contribution in [0.3, 0.4) is 0 Å². The van der Waals surface area contributed by atoms with E-state index in [1.165, 1.54) is 0 Å². The molecule has 0 fully saturated rings. The smallest absolute Gasteiger partial charge is 0.276 e. The number of aromatic nitrogens is 4. The lowest BCUT2D eigenvalue weighted by Crippen LogP contribution is -2.18. The highest BCUT2D eigenvalue weighted by molar-refractivity contribution is 7.13. The lowest BCUT2D eigenvalue weighted by Gasteiger charge is -2.04. The van der Waals surface area contributed by atoms with E-state index in [1.807, 2.05) is 24.6 Å². The van der Waals surface area contributed by atoms with Crippen LogP contribution >= 0.6 is 11.3 Å². The number of hydrogen-bond acceptors (Lipinski definition) is 4. The van der Waals surface area contributed by atoms with Crippen molar-refractivity contribution in [1.82, 2.24) is 19.3 Å². The molecule has 7 heteroatoms. The van der Waals surface area contributed by atoms with Crippen molar-refractivity contribution in [3.8, 4) is 10.6 Å². The molecule has 0 radical (unpaired) electrons. The van der Waals surface area contributed by atoms with E-state index in [1.54, 1.807) is 46.1 Å². The summed E-state index contributed by atoms with van der Waals surface area (Å²) in [6.45, 7) is 0. The summed E-state index contributed by atoms with van der Waals surface area (Å²) in [5, 5.41) is 9.11. The van der Waals surface area contributed by atoms with Crippen LogP contribution in [0.25, 0.3) is 10.6 Å². The fourth-order valence-electron chi connectivity index (χ4n) is 1.88. The lowest BCUT2D eigenvalue weighted by atomic mass is 10.3. The van der Waals surface area contributed by atoms with Crippen LogP contribution in [0.5, 0.6) is 0 Å². The van der Waals surface area contributed by atoms with E-state index in [2.05, 4.69) is 15.4 Å². The molecule has 0 saturated heterocycles. The highest BCUT2D eigenvalue weighted by Crippen LogP contribution is 2.24. The number of imidazole rings is 1. The third kappa shape index (κ3) is 2.23. The first kappa shape index (κ1) is 12.6. The number of carbonyl (C=O) groups excluding carboxylic acids is 1. The molecule has 0 saturated carbocycles. The second-order valence-electron chi connectivity index (χ2n) is 4.33. The Bertz CT molecular complexity index is 741. The average Bonchev–Trinajstić information content (AvgIpc) is 3.11. The van der Waals surface area contributed by atoms with Gasteiger partial charge in [-0.3, -0.25) is 14.8 Å². The third-order valence-corrected chi connectivity index (χ3v) is 3.82. The number of carbonyl (C=O) groups is 1. The molecule has 0 atom stereocenters. The van der Waals surface area contributed by atoms with Crippen LogP contribution in [-0.2, 0) is 14.1 Å². The number of aryl methyl sites for hydroxylation is 2. The highest BCUT2D eigenvalue weighted by Gasteiger charge is 2.16. The Kier molecular flexibility index (Phi) is 3.11. The molecule has 0 aliphatic rings. The molecular formula is C13H13N5OS. The molecule has 0 spiro atoms. The van der Waals surface area contributed by atoms with E-state index in [0.29, 0.717) is 11.6 Å². The van der Waals surface area contributed by atoms with Crippen molar-refractivity contribution in [3.05, 3.63) is 41.7 Å². The zero-order valence-electron chi connectivity index (χ0n) is 11.1. The molecule has 6 nitrogen and oxygen atoms in total. The van der Waals surface area contributed by atoms with Crippen molar-refractivity contribution in [2.45, 2.75) is 0 Å². The molecule has 20 heavy (non-hydrogen) atoms. The minimum Gasteiger partial charge on any atom is -0.320 e. The fraction of sp³-hybridized carbons (Fsp3) is 0.154. The molecule has 102 valence electrons. The monoisotopic (exact) mass is 287 g/mol. The topological polar surface area (TPSA) is 64.7 Å². The largest absolute Gasteiger partial charge is 0.320 e. The van der Waals surface area contributed by atoms with Gasteiger partial charge in [-0.2, -0.15) is 5.10 Å². The molecule has 3 aromatic rings. The van der Waals surface area contributed by atoms with Crippen LogP contribution in [-0.4, -0.2) is 25.2 Å². The summed E-state index contributed by atoms with van der Waals surface area (Å²) in [5.41, 5.74) is 1.30. The normalized spacial score (nSPS) is 10.7. The standard InChI is InChI=1S/C13H13N5OS/c1-17-6-5-14-13(17)15-12(19)10-8-9(16-18(10)2)11-4-3-7-20-11/h3-8H,1-2H3,(H,14,15,19). The average molecular weight is 287 g/mol. The number of anilines is 1. The molecule has 0 unspecified atom stereocenters. The zero-order valence-corrected chi connectivity index (χ0v) is 11.9. The van der Waals surface area contributed by atoms with Gasteiger partial charge in [-0.15, -0.1) is 11.3 Å². The molecule has 1 amide bonds. The summed E-state index contributed by atoms with van der Waals surface area (Å²) >= 11 is 1.59. The van der Waals surface area contributed by atoms with Crippen LogP contribution in [0.15, 0.2) is 36.0 Å². The molecule has 3 aromatic heterocycles. The summed E-state index contributed by atoms with van der Waals surface area (Å²) in [4.78, 5) is 17.4. The summed E-state index contributed by atoms with van der Waals surface area (Å²) in [7, 11) is 3.58. The quantitative estimate of drug-likeness (QED) is 0.802. The second-order valence-corrected chi connectivity index (χ2v) is 5.28. The number of hydrogen-bond donors (Lipinski definition) is 1. The molecule has 0 aliphatic carbocycles. The summed E-state index contributed by atoms with van der Waals surface area (Å²) in [5.74, 6) is 0.283. The molecule has 0 aliphatic heterocycles. The Balaban J connectivity index is 1.87. The fourth-order valence-corrected chi connectivity index (χ4v) is 2.56. The summed E-state index contributed by atoms with van der Waals surface area (Å²) in [6.07, 6.45) is 3.41. The third-order valence-electron chi connectivity index (χ3n) is 2.93. The SMILES string of the molecule is Cn1ccnc1NC(=O)c1cc(-c2cccs2)nn1C. The van der Waals surface area contributed by atoms with E-state index < -0.39 is 0 Å². The van der Waals surface area contributed by atoms with Crippen molar-refractivity contribution >= 4 is 23.2 Å². The highest BCUT2D eigenvalue weighted by atomic mass is 32.1. The van der Waals surface area contributed by atoms with Gasteiger partial charge in [0.05, 0.1) is 4.88 Å². The van der Waals surface area contributed by atoms with Gasteiger partial charge in [-0.1, -0.05) is 6.07 Å². The lowest BCUT2D eigenvalue weighted by molar-refractivity contribution is 0.101.